The number of ether oxygens (including phenoxy) is 1. The number of primary sulfonamides is 1. The molecule has 11 heteroatoms. The van der Waals surface area contributed by atoms with Gasteiger partial charge in [-0.2, -0.15) is 0 Å². The van der Waals surface area contributed by atoms with Crippen LogP contribution >= 0.6 is 11.6 Å². The normalized spacial score (nSPS) is 24.5. The average Bonchev–Trinajstić information content (AvgIpc) is 3.09. The first-order chi connectivity index (χ1) is 20.3. The summed E-state index contributed by atoms with van der Waals surface area (Å²) in [5, 5.41) is 15.0. The number of aromatic carboxylic acids is 1. The zero-order valence-corrected chi connectivity index (χ0v) is 26.7. The first-order valence-corrected chi connectivity index (χ1v) is 17.1. The third-order valence-electron chi connectivity index (χ3n) is 10.1. The lowest BCUT2D eigenvalue weighted by Gasteiger charge is -2.45. The molecule has 9 nitrogen and oxygen atoms in total. The first kappa shape index (κ1) is 31.6. The molecular weight excluding hydrogens is 590 g/mol. The lowest BCUT2D eigenvalue weighted by atomic mass is 9.69. The van der Waals surface area contributed by atoms with Crippen molar-refractivity contribution in [1.82, 2.24) is 4.90 Å². The fraction of sp³-hybridized carbons (Fsp3) is 0.562. The van der Waals surface area contributed by atoms with E-state index in [9.17, 15) is 23.1 Å². The van der Waals surface area contributed by atoms with Crippen molar-refractivity contribution in [3.63, 3.8) is 0 Å². The zero-order valence-electron chi connectivity index (χ0n) is 25.1. The molecule has 2 aromatic carbocycles. The maximum absolute atomic E-state index is 13.0. The van der Waals surface area contributed by atoms with Gasteiger partial charge in [0.15, 0.2) is 0 Å². The van der Waals surface area contributed by atoms with Crippen LogP contribution in [-0.2, 0) is 26.7 Å². The predicted molar refractivity (Wildman–Crippen MR) is 167 cm³/mol. The van der Waals surface area contributed by atoms with Gasteiger partial charge in [-0.3, -0.25) is 4.79 Å². The molecule has 3 aliphatic rings. The number of carboxylic acid groups (broad SMARTS) is 1. The molecule has 1 amide bonds. The van der Waals surface area contributed by atoms with Crippen LogP contribution in [0.4, 0.5) is 5.69 Å². The van der Waals surface area contributed by atoms with E-state index in [0.29, 0.717) is 31.4 Å². The third kappa shape index (κ3) is 6.66. The van der Waals surface area contributed by atoms with Gasteiger partial charge in [0, 0.05) is 43.5 Å². The number of aryl methyl sites for hydroxylation is 1. The number of anilines is 1. The summed E-state index contributed by atoms with van der Waals surface area (Å²) in [4.78, 5) is 29.0. The van der Waals surface area contributed by atoms with Gasteiger partial charge in [-0.25, -0.2) is 18.4 Å². The molecule has 5 atom stereocenters. The summed E-state index contributed by atoms with van der Waals surface area (Å²) in [7, 11) is -1.94. The quantitative estimate of drug-likeness (QED) is 0.410. The number of amides is 1. The second-order valence-electron chi connectivity index (χ2n) is 12.9. The van der Waals surface area contributed by atoms with Gasteiger partial charge in [-0.15, -0.1) is 0 Å². The summed E-state index contributed by atoms with van der Waals surface area (Å²) in [6.07, 6.45) is 5.06. The topological polar surface area (TPSA) is 130 Å². The Morgan fingerprint density at radius 1 is 1.19 bits per heavy atom. The third-order valence-corrected chi connectivity index (χ3v) is 11.8. The first-order valence-electron chi connectivity index (χ1n) is 15.1. The van der Waals surface area contributed by atoms with Gasteiger partial charge in [-0.05, 0) is 98.2 Å². The number of carbonyl (C=O) groups is 2. The van der Waals surface area contributed by atoms with E-state index in [0.717, 1.165) is 49.4 Å². The highest BCUT2D eigenvalue weighted by molar-refractivity contribution is 7.89. The number of sulfonamides is 1. The molecule has 2 aliphatic carbocycles. The lowest BCUT2D eigenvalue weighted by molar-refractivity contribution is -0.132. The molecule has 43 heavy (non-hydrogen) atoms. The molecule has 1 saturated carbocycles. The highest BCUT2D eigenvalue weighted by Gasteiger charge is 2.43. The maximum atomic E-state index is 13.0. The van der Waals surface area contributed by atoms with Gasteiger partial charge >= 0.3 is 5.97 Å². The number of halogens is 1. The monoisotopic (exact) mass is 631 g/mol. The van der Waals surface area contributed by atoms with E-state index in [1.54, 1.807) is 44.0 Å². The number of rotatable bonds is 9. The zero-order chi connectivity index (χ0) is 31.1. The summed E-state index contributed by atoms with van der Waals surface area (Å²) >= 11 is 6.37. The second kappa shape index (κ2) is 12.3. The minimum atomic E-state index is -3.71. The van der Waals surface area contributed by atoms with E-state index in [-0.39, 0.29) is 35.1 Å². The Labute approximate surface area is 259 Å². The molecule has 1 spiro atoms. The summed E-state index contributed by atoms with van der Waals surface area (Å²) in [5.74, 6) is -0.186. The number of benzene rings is 2. The van der Waals surface area contributed by atoms with Crippen molar-refractivity contribution in [2.75, 3.05) is 38.2 Å². The van der Waals surface area contributed by atoms with E-state index in [1.807, 2.05) is 6.07 Å². The van der Waals surface area contributed by atoms with Crippen molar-refractivity contribution in [3.05, 3.63) is 58.1 Å². The van der Waals surface area contributed by atoms with Crippen molar-refractivity contribution in [3.8, 4) is 5.75 Å². The van der Waals surface area contributed by atoms with Crippen LogP contribution in [0.3, 0.4) is 0 Å². The molecule has 3 N–H and O–H groups in total. The Balaban J connectivity index is 1.36. The SMILES string of the molecule is C[C@H]([C@@H](C)CC(=O)N(C)C[C@@H]1CC[C@H]1CN1C[C@@]2(CCCc3cc(Cl)ccc32)COc2ccc(C(=O)O)cc21)S(N)(=O)=O. The maximum Gasteiger partial charge on any atom is 0.335 e. The Kier molecular flexibility index (Phi) is 9.03. The molecular formula is C32H42ClN3O6S. The van der Waals surface area contributed by atoms with Crippen molar-refractivity contribution in [2.24, 2.45) is 22.9 Å². The highest BCUT2D eigenvalue weighted by Crippen LogP contribution is 2.46. The lowest BCUT2D eigenvalue weighted by Crippen LogP contribution is -2.49. The van der Waals surface area contributed by atoms with Crippen LogP contribution in [0.15, 0.2) is 36.4 Å². The van der Waals surface area contributed by atoms with E-state index < -0.39 is 21.2 Å². The number of hydrogen-bond donors (Lipinski definition) is 2. The molecule has 234 valence electrons. The van der Waals surface area contributed by atoms with Crippen LogP contribution in [0.2, 0.25) is 5.02 Å². The molecule has 2 aromatic rings. The number of nitrogens with two attached hydrogens (primary N) is 1. The Morgan fingerprint density at radius 3 is 2.60 bits per heavy atom. The molecule has 0 aromatic heterocycles. The van der Waals surface area contributed by atoms with Crippen LogP contribution in [0, 0.1) is 17.8 Å². The van der Waals surface area contributed by atoms with E-state index in [2.05, 4.69) is 17.0 Å². The number of hydrogen-bond acceptors (Lipinski definition) is 6. The van der Waals surface area contributed by atoms with Crippen LogP contribution in [0.1, 0.15) is 67.4 Å². The number of carbonyl (C=O) groups excluding carboxylic acids is 1. The molecule has 5 rings (SSSR count). The predicted octanol–water partition coefficient (Wildman–Crippen LogP) is 4.70. The Bertz CT molecular complexity index is 1500. The summed E-state index contributed by atoms with van der Waals surface area (Å²) in [6, 6.07) is 11.2. The van der Waals surface area contributed by atoms with Crippen LogP contribution < -0.4 is 14.8 Å². The number of nitrogens with zero attached hydrogens (tertiary/aromatic N) is 2. The highest BCUT2D eigenvalue weighted by atomic mass is 35.5. The smallest absolute Gasteiger partial charge is 0.335 e. The molecule has 1 aliphatic heterocycles. The van der Waals surface area contributed by atoms with Crippen LogP contribution in [0.5, 0.6) is 5.75 Å². The van der Waals surface area contributed by atoms with Gasteiger partial charge in [0.05, 0.1) is 23.1 Å². The van der Waals surface area contributed by atoms with E-state index in [4.69, 9.17) is 21.5 Å². The standard InChI is InChI=1S/C32H42ClN3O6S/c1-20(21(2)43(34,40)41)13-30(37)35(3)16-24-6-7-25(24)17-36-18-32(12-4-5-22-14-26(33)9-10-27(22)32)19-42-29-11-8-23(31(38)39)15-28(29)36/h8-11,14-15,20-21,24-25H,4-7,12-13,16-19H2,1-3H3,(H,38,39)(H2,34,40,41)/t20-,21+,24-,25-,32-/m0/s1. The van der Waals surface area contributed by atoms with E-state index in [1.165, 1.54) is 11.1 Å². The second-order valence-corrected chi connectivity index (χ2v) is 15.3. The van der Waals surface area contributed by atoms with E-state index >= 15 is 0 Å². The van der Waals surface area contributed by atoms with Crippen molar-refractivity contribution in [1.29, 1.82) is 0 Å². The summed E-state index contributed by atoms with van der Waals surface area (Å²) in [5.41, 5.74) is 3.24. The van der Waals surface area contributed by atoms with Crippen molar-refractivity contribution >= 4 is 39.2 Å². The summed E-state index contributed by atoms with van der Waals surface area (Å²) in [6.45, 7) is 5.77. The van der Waals surface area contributed by atoms with Crippen LogP contribution in [-0.4, -0.2) is 68.8 Å². The minimum absolute atomic E-state index is 0.0929. The van der Waals surface area contributed by atoms with Gasteiger partial charge < -0.3 is 19.6 Å². The number of carboxylic acids is 1. The molecule has 0 bridgehead atoms. The molecule has 1 fully saturated rings. The fourth-order valence-corrected chi connectivity index (χ4v) is 7.96. The fourth-order valence-electron chi connectivity index (χ4n) is 7.02. The van der Waals surface area contributed by atoms with Gasteiger partial charge in [0.2, 0.25) is 15.9 Å². The van der Waals surface area contributed by atoms with Crippen LogP contribution in [0.25, 0.3) is 0 Å². The van der Waals surface area contributed by atoms with Gasteiger partial charge in [0.25, 0.3) is 0 Å². The van der Waals surface area contributed by atoms with Crippen molar-refractivity contribution < 1.29 is 27.9 Å². The minimum Gasteiger partial charge on any atom is -0.490 e. The molecule has 0 saturated heterocycles. The Morgan fingerprint density at radius 2 is 1.93 bits per heavy atom. The average molecular weight is 632 g/mol. The molecule has 0 unspecified atom stereocenters. The molecule has 0 radical (unpaired) electrons. The van der Waals surface area contributed by atoms with Gasteiger partial charge in [0.1, 0.15) is 5.75 Å². The van der Waals surface area contributed by atoms with Gasteiger partial charge in [-0.1, -0.05) is 24.6 Å². The largest absolute Gasteiger partial charge is 0.490 e. The molecule has 1 heterocycles. The summed E-state index contributed by atoms with van der Waals surface area (Å²) < 4.78 is 30.0. The number of fused-ring (bicyclic) bond motifs is 3. The Hall–Kier alpha value is -2.82. The van der Waals surface area contributed by atoms with Crippen molar-refractivity contribution in [2.45, 2.75) is 63.0 Å².